The molecule has 0 unspecified atom stereocenters. The van der Waals surface area contributed by atoms with Gasteiger partial charge in [-0.1, -0.05) is 71.5 Å². The van der Waals surface area contributed by atoms with Gasteiger partial charge in [-0.15, -0.1) is 0 Å². The predicted molar refractivity (Wildman–Crippen MR) is 218 cm³/mol. The van der Waals surface area contributed by atoms with Gasteiger partial charge in [-0.3, -0.25) is 0 Å². The maximum atomic E-state index is 11.2. The molecular weight excluding hydrogens is 1030 g/mol. The van der Waals surface area contributed by atoms with Crippen molar-refractivity contribution in [2.24, 2.45) is 0 Å². The van der Waals surface area contributed by atoms with Gasteiger partial charge in [0.25, 0.3) is 0 Å². The molecule has 4 aromatic carbocycles. The van der Waals surface area contributed by atoms with Crippen LogP contribution in [0.15, 0.2) is 72.8 Å². The van der Waals surface area contributed by atoms with Crippen molar-refractivity contribution in [1.29, 1.82) is 21.6 Å². The molecule has 8 N–H and O–H groups in total. The van der Waals surface area contributed by atoms with E-state index in [0.717, 1.165) is 81.7 Å². The van der Waals surface area contributed by atoms with Crippen molar-refractivity contribution >= 4 is 24.9 Å². The Kier molecular flexibility index (Phi) is 103. The number of para-hydroxylation sites is 4. The molecule has 0 atom stereocenters. The molecule has 0 spiro atoms. The standard InChI is InChI=1S/4C8H9NO2.4CH4O.4CH3O.4Ni/c4*1-11-7-4-2-3-6(5-9)8(7)10;8*1-2;;;;/h4*2-5,9-10H,1H3;4*2H,1H3;4*1H3;;;;/q;;;;;;;;4*-1;4*+2/p-4. The van der Waals surface area contributed by atoms with Crippen LogP contribution in [0.5, 0.6) is 46.0 Å². The molecule has 20 nitrogen and oxygen atoms in total. The van der Waals surface area contributed by atoms with Crippen LogP contribution in [-0.4, -0.2) is 131 Å². The molecule has 0 aromatic heterocycles. The summed E-state index contributed by atoms with van der Waals surface area (Å²) >= 11 is 0. The fourth-order valence-electron chi connectivity index (χ4n) is 3.23. The number of aliphatic hydroxyl groups excluding tert-OH is 4. The summed E-state index contributed by atoms with van der Waals surface area (Å²) in [7, 11) is 12.7. The second kappa shape index (κ2) is 73.0. The first-order valence-electron chi connectivity index (χ1n) is 16.0. The number of rotatable bonds is 8. The van der Waals surface area contributed by atoms with E-state index < -0.39 is 0 Å². The summed E-state index contributed by atoms with van der Waals surface area (Å²) in [5.74, 6) is 0.207. The van der Waals surface area contributed by atoms with E-state index in [9.17, 15) is 20.4 Å². The summed E-state index contributed by atoms with van der Waals surface area (Å²) in [6.07, 6.45) is 4.07. The molecule has 64 heavy (non-hydrogen) atoms. The van der Waals surface area contributed by atoms with Crippen molar-refractivity contribution in [2.75, 3.05) is 85.3 Å². The van der Waals surface area contributed by atoms with Gasteiger partial charge >= 0.3 is 66.0 Å². The van der Waals surface area contributed by atoms with E-state index in [1.165, 1.54) is 28.4 Å². The number of nitrogens with one attached hydrogen (secondary N) is 4. The summed E-state index contributed by atoms with van der Waals surface area (Å²) in [5, 5.41) is 133. The minimum absolute atomic E-state index is 0. The second-order valence-electron chi connectivity index (χ2n) is 8.09. The molecule has 0 bridgehead atoms. The zero-order valence-electron chi connectivity index (χ0n) is 37.2. The third-order valence-electron chi connectivity index (χ3n) is 5.54. The Labute approximate surface area is 416 Å². The summed E-state index contributed by atoms with van der Waals surface area (Å²) in [5.41, 5.74) is 1.41. The van der Waals surface area contributed by atoms with Crippen LogP contribution in [0.25, 0.3) is 0 Å². The van der Waals surface area contributed by atoms with Crippen molar-refractivity contribution in [1.82, 2.24) is 0 Å². The first-order chi connectivity index (χ1) is 29.2. The third kappa shape index (κ3) is 40.4. The molecule has 0 saturated carbocycles. The largest absolute Gasteiger partial charge is 2.00 e. The summed E-state index contributed by atoms with van der Waals surface area (Å²) in [6.45, 7) is 0. The Hall–Kier alpha value is -4.39. The van der Waals surface area contributed by atoms with Gasteiger partial charge in [0.1, 0.15) is 23.0 Å². The second-order valence-corrected chi connectivity index (χ2v) is 8.09. The maximum Gasteiger partial charge on any atom is 2.00 e. The SMILES string of the molecule is CO.CO.CO.CO.COc1cccc(C=N)c1[O-].COc1cccc(C=N)c1[O-].COc1cccc(C=N)c1[O-].COc1cccc(C=N)c1[O-].C[O-].C[O-].C[O-].C[O-].[Ni+2].[Ni+2].[Ni+2].[Ni+2]. The fourth-order valence-corrected chi connectivity index (χ4v) is 3.23. The molecule has 0 radical (unpaired) electrons. The first kappa shape index (κ1) is 90.3. The number of methoxy groups -OCH3 is 4. The van der Waals surface area contributed by atoms with Crippen LogP contribution in [0.4, 0.5) is 0 Å². The van der Waals surface area contributed by atoms with Crippen molar-refractivity contribution in [3.8, 4) is 46.0 Å². The Bertz CT molecular complexity index is 1360. The number of ether oxygens (including phenoxy) is 4. The topological polar surface area (TPSA) is 398 Å². The van der Waals surface area contributed by atoms with Crippen LogP contribution in [0.3, 0.4) is 0 Å². The van der Waals surface area contributed by atoms with E-state index in [0.29, 0.717) is 22.3 Å². The van der Waals surface area contributed by atoms with Gasteiger partial charge in [-0.2, -0.15) is 28.4 Å². The molecule has 376 valence electrons. The zero-order valence-corrected chi connectivity index (χ0v) is 41.1. The van der Waals surface area contributed by atoms with E-state index in [-0.39, 0.29) is 112 Å². The predicted octanol–water partition coefficient (Wildman–Crippen LogP) is -2.60. The average molecular weight is 1090 g/mol. The van der Waals surface area contributed by atoms with E-state index in [1.54, 1.807) is 72.8 Å². The fraction of sp³-hybridized carbons (Fsp3) is 0.300. The Morgan fingerprint density at radius 2 is 0.453 bits per heavy atom. The van der Waals surface area contributed by atoms with Gasteiger partial charge in [-0.25, -0.2) is 0 Å². The van der Waals surface area contributed by atoms with Gasteiger partial charge in [0, 0.05) is 53.3 Å². The zero-order chi connectivity index (χ0) is 49.1. The van der Waals surface area contributed by atoms with Gasteiger partial charge in [0.2, 0.25) is 0 Å². The Morgan fingerprint density at radius 3 is 0.547 bits per heavy atom. The number of hydrogen-bond acceptors (Lipinski definition) is 20. The van der Waals surface area contributed by atoms with Gasteiger partial charge in [-0.05, 0) is 46.5 Å². The molecular formula is C40H60N4Ni4O16. The van der Waals surface area contributed by atoms with Gasteiger partial charge < -0.3 is 102 Å². The molecule has 0 heterocycles. The van der Waals surface area contributed by atoms with E-state index in [2.05, 4.69) is 0 Å². The van der Waals surface area contributed by atoms with Crippen LogP contribution < -0.4 is 59.8 Å². The molecule has 0 fully saturated rings. The van der Waals surface area contributed by atoms with Crippen molar-refractivity contribution in [3.05, 3.63) is 95.1 Å². The van der Waals surface area contributed by atoms with Gasteiger partial charge in [0.05, 0.1) is 28.4 Å². The van der Waals surface area contributed by atoms with Crippen LogP contribution >= 0.6 is 0 Å². The maximum absolute atomic E-state index is 11.2. The normalized spacial score (nSPS) is 7.06. The van der Waals surface area contributed by atoms with Crippen LogP contribution in [-0.2, 0) is 66.0 Å². The van der Waals surface area contributed by atoms with Crippen LogP contribution in [0, 0.1) is 21.6 Å². The van der Waals surface area contributed by atoms with Crippen molar-refractivity contribution in [3.63, 3.8) is 0 Å². The van der Waals surface area contributed by atoms with E-state index in [4.69, 9.17) is 81.4 Å². The minimum Gasteiger partial charge on any atom is -0.870 e. The molecule has 4 aromatic rings. The molecule has 0 saturated heterocycles. The Morgan fingerprint density at radius 1 is 0.328 bits per heavy atom. The third-order valence-corrected chi connectivity index (χ3v) is 5.54. The number of hydrogen-bond donors (Lipinski definition) is 8. The van der Waals surface area contributed by atoms with Crippen LogP contribution in [0.1, 0.15) is 22.3 Å². The van der Waals surface area contributed by atoms with Gasteiger partial charge in [0.15, 0.2) is 0 Å². The summed E-state index contributed by atoms with van der Waals surface area (Å²) in [4.78, 5) is 0. The summed E-state index contributed by atoms with van der Waals surface area (Å²) < 4.78 is 19.1. The van der Waals surface area contributed by atoms with E-state index >= 15 is 0 Å². The molecule has 0 amide bonds. The van der Waals surface area contributed by atoms with Crippen molar-refractivity contribution < 1.29 is 146 Å². The number of aliphatic hydroxyl groups is 4. The minimum atomic E-state index is -0.231. The monoisotopic (exact) mass is 1080 g/mol. The van der Waals surface area contributed by atoms with Crippen molar-refractivity contribution in [2.45, 2.75) is 0 Å². The molecule has 24 heteroatoms. The van der Waals surface area contributed by atoms with E-state index in [1.807, 2.05) is 0 Å². The quantitative estimate of drug-likeness (QED) is 0.0662. The average Bonchev–Trinajstić information content (AvgIpc) is 3.35. The smallest absolute Gasteiger partial charge is 0.870 e. The molecule has 0 aliphatic carbocycles. The summed E-state index contributed by atoms with van der Waals surface area (Å²) in [6, 6.07) is 19.4. The molecule has 0 aliphatic rings. The number of benzene rings is 4. The molecule has 0 aliphatic heterocycles. The molecule has 4 rings (SSSR count). The van der Waals surface area contributed by atoms with Crippen LogP contribution in [0.2, 0.25) is 0 Å². The Balaban J connectivity index is -0.0000000499. The first-order valence-corrected chi connectivity index (χ1v) is 16.0.